The van der Waals surface area contributed by atoms with Crippen LogP contribution < -0.4 is 19.8 Å². The molecule has 0 unspecified atom stereocenters. The molecule has 0 fully saturated rings. The van der Waals surface area contributed by atoms with Gasteiger partial charge in [-0.2, -0.15) is 0 Å². The number of fused-ring (bicyclic) bond motifs is 5. The van der Waals surface area contributed by atoms with Gasteiger partial charge in [0.05, 0.1) is 25.0 Å². The van der Waals surface area contributed by atoms with E-state index in [0.29, 0.717) is 49.8 Å². The van der Waals surface area contributed by atoms with Crippen molar-refractivity contribution in [3.05, 3.63) is 59.0 Å². The van der Waals surface area contributed by atoms with Crippen molar-refractivity contribution in [3.8, 4) is 17.2 Å². The van der Waals surface area contributed by atoms with Crippen LogP contribution in [0.2, 0.25) is 0 Å². The monoisotopic (exact) mass is 392 g/mol. The van der Waals surface area contributed by atoms with Crippen LogP contribution in [0.1, 0.15) is 5.56 Å². The second-order valence-electron chi connectivity index (χ2n) is 6.42. The summed E-state index contributed by atoms with van der Waals surface area (Å²) in [6.07, 6.45) is 1.66. The van der Waals surface area contributed by atoms with Crippen LogP contribution in [0.25, 0.3) is 38.6 Å². The molecule has 0 radical (unpaired) electrons. The fourth-order valence-electron chi connectivity index (χ4n) is 3.59. The highest BCUT2D eigenvalue weighted by atomic mass is 16.7. The average Bonchev–Trinajstić information content (AvgIpc) is 2.76. The highest BCUT2D eigenvalue weighted by molar-refractivity contribution is 6.18. The predicted octanol–water partition coefficient (Wildman–Crippen LogP) is 4.74. The molecule has 1 aromatic heterocycles. The van der Waals surface area contributed by atoms with Crippen LogP contribution in [-0.2, 0) is 4.74 Å². The Labute approximate surface area is 166 Å². The molecular formula is C23H20O6. The third-order valence-corrected chi connectivity index (χ3v) is 4.85. The molecule has 1 heterocycles. The minimum atomic E-state index is -0.454. The van der Waals surface area contributed by atoms with Gasteiger partial charge < -0.3 is 23.4 Å². The molecule has 29 heavy (non-hydrogen) atoms. The van der Waals surface area contributed by atoms with E-state index in [1.165, 1.54) is 0 Å². The lowest BCUT2D eigenvalue weighted by Crippen LogP contribution is -2.03. The molecule has 0 atom stereocenters. The molecule has 0 aliphatic rings. The van der Waals surface area contributed by atoms with Crippen molar-refractivity contribution < 1.29 is 23.4 Å². The van der Waals surface area contributed by atoms with Crippen molar-refractivity contribution in [2.45, 2.75) is 0 Å². The minimum absolute atomic E-state index is 0.0835. The van der Waals surface area contributed by atoms with Crippen molar-refractivity contribution in [1.82, 2.24) is 0 Å². The average molecular weight is 392 g/mol. The molecule has 0 spiro atoms. The second-order valence-corrected chi connectivity index (χ2v) is 6.42. The van der Waals surface area contributed by atoms with Gasteiger partial charge >= 0.3 is 5.63 Å². The Bertz CT molecular complexity index is 1300. The first-order valence-electron chi connectivity index (χ1n) is 8.95. The summed E-state index contributed by atoms with van der Waals surface area (Å²) in [5.74, 6) is 1.72. The van der Waals surface area contributed by atoms with Crippen molar-refractivity contribution in [3.63, 3.8) is 0 Å². The summed E-state index contributed by atoms with van der Waals surface area (Å²) in [5.41, 5.74) is 0.749. The van der Waals surface area contributed by atoms with E-state index in [1.807, 2.05) is 30.3 Å². The fourth-order valence-corrected chi connectivity index (χ4v) is 3.59. The van der Waals surface area contributed by atoms with Crippen LogP contribution in [0, 0.1) is 0 Å². The van der Waals surface area contributed by atoms with Gasteiger partial charge in [0.15, 0.2) is 6.79 Å². The van der Waals surface area contributed by atoms with E-state index in [0.717, 1.165) is 5.56 Å². The summed E-state index contributed by atoms with van der Waals surface area (Å²) < 4.78 is 27.7. The van der Waals surface area contributed by atoms with E-state index in [9.17, 15) is 4.79 Å². The van der Waals surface area contributed by atoms with Crippen LogP contribution in [0.4, 0.5) is 0 Å². The molecular weight excluding hydrogens is 372 g/mol. The Kier molecular flexibility index (Phi) is 4.86. The Morgan fingerprint density at radius 2 is 1.69 bits per heavy atom. The predicted molar refractivity (Wildman–Crippen MR) is 113 cm³/mol. The van der Waals surface area contributed by atoms with E-state index >= 15 is 0 Å². The molecule has 0 aliphatic carbocycles. The number of hydrogen-bond donors (Lipinski definition) is 0. The Balaban J connectivity index is 2.21. The number of benzene rings is 3. The summed E-state index contributed by atoms with van der Waals surface area (Å²) in [6.45, 7) is 3.86. The topological polar surface area (TPSA) is 67.1 Å². The van der Waals surface area contributed by atoms with E-state index in [4.69, 9.17) is 23.4 Å². The zero-order valence-corrected chi connectivity index (χ0v) is 16.4. The molecule has 6 nitrogen and oxygen atoms in total. The maximum Gasteiger partial charge on any atom is 0.344 e. The van der Waals surface area contributed by atoms with Crippen LogP contribution in [0.15, 0.2) is 52.2 Å². The zero-order chi connectivity index (χ0) is 20.5. The van der Waals surface area contributed by atoms with Crippen molar-refractivity contribution >= 4 is 38.6 Å². The molecule has 0 saturated carbocycles. The molecule has 0 N–H and O–H groups in total. The van der Waals surface area contributed by atoms with E-state index in [1.54, 1.807) is 33.5 Å². The lowest BCUT2D eigenvalue weighted by atomic mass is 9.99. The maximum atomic E-state index is 12.8. The van der Waals surface area contributed by atoms with Gasteiger partial charge in [-0.15, -0.1) is 0 Å². The first-order chi connectivity index (χ1) is 14.1. The maximum absolute atomic E-state index is 12.8. The highest BCUT2D eigenvalue weighted by Gasteiger charge is 2.19. The molecule has 148 valence electrons. The van der Waals surface area contributed by atoms with Crippen LogP contribution in [-0.4, -0.2) is 28.1 Å². The third kappa shape index (κ3) is 2.98. The molecule has 0 bridgehead atoms. The molecule has 4 aromatic rings. The van der Waals surface area contributed by atoms with Crippen LogP contribution in [0.5, 0.6) is 17.2 Å². The number of ether oxygens (including phenoxy) is 4. The van der Waals surface area contributed by atoms with Gasteiger partial charge in [0.2, 0.25) is 0 Å². The molecule has 0 saturated heterocycles. The SMILES string of the molecule is C=Cc1cc(OC)c2c(c1)c(=O)oc1c3cccc(OCOC)c3c(OC)cc12. The Morgan fingerprint density at radius 3 is 2.38 bits per heavy atom. The third-order valence-electron chi connectivity index (χ3n) is 4.85. The van der Waals surface area contributed by atoms with Gasteiger partial charge in [-0.25, -0.2) is 4.79 Å². The first-order valence-corrected chi connectivity index (χ1v) is 8.95. The van der Waals surface area contributed by atoms with Crippen molar-refractivity contribution in [2.75, 3.05) is 28.1 Å². The largest absolute Gasteiger partial charge is 0.496 e. The zero-order valence-electron chi connectivity index (χ0n) is 16.4. The molecule has 4 rings (SSSR count). The number of rotatable bonds is 6. The van der Waals surface area contributed by atoms with Gasteiger partial charge in [0.1, 0.15) is 22.8 Å². The van der Waals surface area contributed by atoms with Gasteiger partial charge in [0, 0.05) is 23.3 Å². The number of methoxy groups -OCH3 is 3. The van der Waals surface area contributed by atoms with Gasteiger partial charge in [-0.1, -0.05) is 24.8 Å². The normalized spacial score (nSPS) is 11.1. The summed E-state index contributed by atoms with van der Waals surface area (Å²) in [6, 6.07) is 10.9. The highest BCUT2D eigenvalue weighted by Crippen LogP contribution is 2.42. The lowest BCUT2D eigenvalue weighted by molar-refractivity contribution is 0.0521. The lowest BCUT2D eigenvalue weighted by Gasteiger charge is -2.15. The van der Waals surface area contributed by atoms with Crippen molar-refractivity contribution in [2.24, 2.45) is 0 Å². The van der Waals surface area contributed by atoms with E-state index < -0.39 is 5.63 Å². The van der Waals surface area contributed by atoms with E-state index in [2.05, 4.69) is 6.58 Å². The van der Waals surface area contributed by atoms with Crippen LogP contribution >= 0.6 is 0 Å². The Morgan fingerprint density at radius 1 is 0.931 bits per heavy atom. The molecule has 0 aliphatic heterocycles. The van der Waals surface area contributed by atoms with Crippen molar-refractivity contribution in [1.29, 1.82) is 0 Å². The summed E-state index contributed by atoms with van der Waals surface area (Å²) >= 11 is 0. The quantitative estimate of drug-likeness (QED) is 0.268. The molecule has 6 heteroatoms. The van der Waals surface area contributed by atoms with Gasteiger partial charge in [-0.3, -0.25) is 0 Å². The summed E-state index contributed by atoms with van der Waals surface area (Å²) in [5, 5.41) is 3.18. The fraction of sp³-hybridized carbons (Fsp3) is 0.174. The second kappa shape index (κ2) is 7.48. The van der Waals surface area contributed by atoms with Gasteiger partial charge in [0.25, 0.3) is 0 Å². The van der Waals surface area contributed by atoms with Crippen LogP contribution in [0.3, 0.4) is 0 Å². The first kappa shape index (κ1) is 18.8. The van der Waals surface area contributed by atoms with Gasteiger partial charge in [-0.05, 0) is 29.8 Å². The standard InChI is InChI=1S/C23H20O6/c1-5-13-9-16-20(18(10-13)26-3)15-11-19(27-4)21-14(22(15)29-23(16)24)7-6-8-17(21)28-12-25-2/h5-11H,1,12H2,2-4H3. The minimum Gasteiger partial charge on any atom is -0.496 e. The molecule has 0 amide bonds. The smallest absolute Gasteiger partial charge is 0.344 e. The summed E-state index contributed by atoms with van der Waals surface area (Å²) in [7, 11) is 4.70. The summed E-state index contributed by atoms with van der Waals surface area (Å²) in [4.78, 5) is 12.8. The molecule has 3 aromatic carbocycles. The number of hydrogen-bond acceptors (Lipinski definition) is 6. The van der Waals surface area contributed by atoms with E-state index in [-0.39, 0.29) is 6.79 Å². The Hall–Kier alpha value is -3.51.